The summed E-state index contributed by atoms with van der Waals surface area (Å²) in [6, 6.07) is 10.1. The van der Waals surface area contributed by atoms with Crippen molar-refractivity contribution in [3.05, 3.63) is 58.9 Å². The van der Waals surface area contributed by atoms with Crippen LogP contribution in [-0.4, -0.2) is 12.2 Å². The van der Waals surface area contributed by atoms with Gasteiger partial charge in [-0.1, -0.05) is 17.7 Å². The zero-order valence-electron chi connectivity index (χ0n) is 11.5. The number of aryl methyl sites for hydroxylation is 1. The minimum Gasteiger partial charge on any atom is -0.497 e. The first-order chi connectivity index (χ1) is 9.63. The Kier molecular flexibility index (Phi) is 4.58. The molecule has 0 bridgehead atoms. The second-order valence-electron chi connectivity index (χ2n) is 4.52. The molecule has 0 fully saturated rings. The van der Waals surface area contributed by atoms with Gasteiger partial charge in [-0.05, 0) is 25.1 Å². The average Bonchev–Trinajstić information content (AvgIpc) is 2.46. The molecule has 0 spiro atoms. The highest BCUT2D eigenvalue weighted by atomic mass is 19.1. The highest BCUT2D eigenvalue weighted by molar-refractivity contribution is 5.37. The van der Waals surface area contributed by atoms with Crippen molar-refractivity contribution in [3.63, 3.8) is 0 Å². The molecule has 1 N–H and O–H groups in total. The van der Waals surface area contributed by atoms with E-state index in [0.717, 1.165) is 5.56 Å². The zero-order valence-corrected chi connectivity index (χ0v) is 11.5. The van der Waals surface area contributed by atoms with E-state index in [0.29, 0.717) is 22.6 Å². The summed E-state index contributed by atoms with van der Waals surface area (Å²) in [7, 11) is 1.49. The van der Waals surface area contributed by atoms with Crippen LogP contribution in [0.1, 0.15) is 16.7 Å². The van der Waals surface area contributed by atoms with E-state index in [4.69, 9.17) is 9.47 Å². The van der Waals surface area contributed by atoms with E-state index in [1.54, 1.807) is 18.2 Å². The van der Waals surface area contributed by atoms with Gasteiger partial charge in [0.1, 0.15) is 23.9 Å². The molecule has 0 atom stereocenters. The third-order valence-corrected chi connectivity index (χ3v) is 3.03. The van der Waals surface area contributed by atoms with Crippen LogP contribution in [0.15, 0.2) is 36.4 Å². The van der Waals surface area contributed by atoms with Crippen molar-refractivity contribution in [2.45, 2.75) is 20.1 Å². The van der Waals surface area contributed by atoms with Gasteiger partial charge in [0.25, 0.3) is 0 Å². The van der Waals surface area contributed by atoms with Gasteiger partial charge in [0.2, 0.25) is 0 Å². The molecule has 2 aromatic carbocycles. The lowest BCUT2D eigenvalue weighted by Gasteiger charge is -2.12. The molecule has 20 heavy (non-hydrogen) atoms. The van der Waals surface area contributed by atoms with Gasteiger partial charge in [-0.2, -0.15) is 0 Å². The summed E-state index contributed by atoms with van der Waals surface area (Å²) < 4.78 is 24.3. The lowest BCUT2D eigenvalue weighted by Crippen LogP contribution is -2.01. The second-order valence-corrected chi connectivity index (χ2v) is 4.52. The minimum absolute atomic E-state index is 0.103. The number of aliphatic hydroxyl groups excluding tert-OH is 1. The van der Waals surface area contributed by atoms with Gasteiger partial charge in [0, 0.05) is 17.2 Å². The predicted octanol–water partition coefficient (Wildman–Crippen LogP) is 3.21. The first-order valence-electron chi connectivity index (χ1n) is 6.29. The molecule has 3 nitrogen and oxygen atoms in total. The Morgan fingerprint density at radius 1 is 1.10 bits per heavy atom. The van der Waals surface area contributed by atoms with Crippen LogP contribution in [0.2, 0.25) is 0 Å². The van der Waals surface area contributed by atoms with Crippen LogP contribution in [0.3, 0.4) is 0 Å². The molecule has 0 saturated carbocycles. The number of methoxy groups -OCH3 is 1. The molecular formula is C16H17FO3. The van der Waals surface area contributed by atoms with E-state index >= 15 is 0 Å². The summed E-state index contributed by atoms with van der Waals surface area (Å²) in [5.74, 6) is 0.660. The van der Waals surface area contributed by atoms with Crippen molar-refractivity contribution < 1.29 is 19.0 Å². The zero-order chi connectivity index (χ0) is 14.5. The van der Waals surface area contributed by atoms with Crippen molar-refractivity contribution >= 4 is 0 Å². The summed E-state index contributed by atoms with van der Waals surface area (Å²) >= 11 is 0. The molecule has 0 aliphatic carbocycles. The quantitative estimate of drug-likeness (QED) is 0.911. The van der Waals surface area contributed by atoms with Crippen LogP contribution in [0.25, 0.3) is 0 Å². The van der Waals surface area contributed by atoms with Gasteiger partial charge in [0.05, 0.1) is 13.7 Å². The summed E-state index contributed by atoms with van der Waals surface area (Å²) in [5.41, 5.74) is 2.17. The first kappa shape index (κ1) is 14.3. The topological polar surface area (TPSA) is 38.7 Å². The largest absolute Gasteiger partial charge is 0.497 e. The maximum absolute atomic E-state index is 13.8. The van der Waals surface area contributed by atoms with Gasteiger partial charge >= 0.3 is 0 Å². The van der Waals surface area contributed by atoms with E-state index in [9.17, 15) is 9.50 Å². The van der Waals surface area contributed by atoms with E-state index in [2.05, 4.69) is 0 Å². The summed E-state index contributed by atoms with van der Waals surface area (Å²) in [5, 5.41) is 9.29. The van der Waals surface area contributed by atoms with Gasteiger partial charge < -0.3 is 14.6 Å². The molecule has 0 heterocycles. The second kappa shape index (κ2) is 6.39. The number of aliphatic hydroxyl groups is 1. The molecule has 4 heteroatoms. The van der Waals surface area contributed by atoms with Crippen LogP contribution in [0.5, 0.6) is 11.5 Å². The third kappa shape index (κ3) is 3.27. The van der Waals surface area contributed by atoms with Crippen molar-refractivity contribution in [2.24, 2.45) is 0 Å². The Hall–Kier alpha value is -2.07. The van der Waals surface area contributed by atoms with Gasteiger partial charge in [-0.25, -0.2) is 4.39 Å². The third-order valence-electron chi connectivity index (χ3n) is 3.03. The van der Waals surface area contributed by atoms with E-state index in [-0.39, 0.29) is 19.0 Å². The Morgan fingerprint density at radius 2 is 1.90 bits per heavy atom. The monoisotopic (exact) mass is 276 g/mol. The molecule has 0 unspecified atom stereocenters. The van der Waals surface area contributed by atoms with Crippen LogP contribution in [-0.2, 0) is 13.2 Å². The average molecular weight is 276 g/mol. The van der Waals surface area contributed by atoms with Crippen LogP contribution in [0.4, 0.5) is 4.39 Å². The minimum atomic E-state index is -0.373. The molecule has 106 valence electrons. The fraction of sp³-hybridized carbons (Fsp3) is 0.250. The summed E-state index contributed by atoms with van der Waals surface area (Å²) in [4.78, 5) is 0. The maximum atomic E-state index is 13.8. The van der Waals surface area contributed by atoms with Crippen LogP contribution in [0, 0.1) is 12.7 Å². The molecule has 0 radical (unpaired) electrons. The predicted molar refractivity (Wildman–Crippen MR) is 74.4 cm³/mol. The Morgan fingerprint density at radius 3 is 2.55 bits per heavy atom. The maximum Gasteiger partial charge on any atom is 0.133 e. The van der Waals surface area contributed by atoms with Crippen LogP contribution >= 0.6 is 0 Å². The Bertz CT molecular complexity index is 596. The molecular weight excluding hydrogens is 259 g/mol. The Labute approximate surface area is 117 Å². The molecule has 0 aromatic heterocycles. The number of hydrogen-bond donors (Lipinski definition) is 1. The molecule has 0 amide bonds. The first-order valence-corrected chi connectivity index (χ1v) is 6.29. The van der Waals surface area contributed by atoms with E-state index in [1.807, 2.05) is 19.1 Å². The smallest absolute Gasteiger partial charge is 0.133 e. The normalized spacial score (nSPS) is 10.4. The summed E-state index contributed by atoms with van der Waals surface area (Å²) in [6.45, 7) is 1.93. The van der Waals surface area contributed by atoms with Gasteiger partial charge in [-0.3, -0.25) is 0 Å². The van der Waals surface area contributed by atoms with Crippen molar-refractivity contribution in [3.8, 4) is 11.5 Å². The number of hydrogen-bond acceptors (Lipinski definition) is 3. The van der Waals surface area contributed by atoms with E-state index in [1.165, 1.54) is 13.2 Å². The highest BCUT2D eigenvalue weighted by Gasteiger charge is 2.07. The van der Waals surface area contributed by atoms with Crippen molar-refractivity contribution in [1.29, 1.82) is 0 Å². The molecule has 0 aliphatic rings. The fourth-order valence-electron chi connectivity index (χ4n) is 1.90. The highest BCUT2D eigenvalue weighted by Crippen LogP contribution is 2.23. The number of benzene rings is 2. The lowest BCUT2D eigenvalue weighted by atomic mass is 10.1. The van der Waals surface area contributed by atoms with Gasteiger partial charge in [0.15, 0.2) is 0 Å². The number of ether oxygens (including phenoxy) is 2. The number of rotatable bonds is 5. The molecule has 0 aliphatic heterocycles. The van der Waals surface area contributed by atoms with Crippen LogP contribution < -0.4 is 9.47 Å². The fourth-order valence-corrected chi connectivity index (χ4v) is 1.90. The number of halogens is 1. The van der Waals surface area contributed by atoms with E-state index < -0.39 is 0 Å². The molecule has 0 saturated heterocycles. The van der Waals surface area contributed by atoms with Crippen molar-refractivity contribution in [1.82, 2.24) is 0 Å². The Balaban J connectivity index is 2.12. The van der Waals surface area contributed by atoms with Crippen molar-refractivity contribution in [2.75, 3.05) is 7.11 Å². The lowest BCUT2D eigenvalue weighted by molar-refractivity contribution is 0.257. The molecule has 2 aromatic rings. The van der Waals surface area contributed by atoms with Gasteiger partial charge in [-0.15, -0.1) is 0 Å². The SMILES string of the molecule is COc1ccc(COc2ccc(C)cc2CO)c(F)c1. The molecule has 2 rings (SSSR count). The summed E-state index contributed by atoms with van der Waals surface area (Å²) in [6.07, 6.45) is 0. The standard InChI is InChI=1S/C16H17FO3/c1-11-3-6-16(13(7-11)9-18)20-10-12-4-5-14(19-2)8-15(12)17/h3-8,18H,9-10H2,1-2H3.